The highest BCUT2D eigenvalue weighted by Crippen LogP contribution is 2.31. The highest BCUT2D eigenvalue weighted by molar-refractivity contribution is 6.11. The van der Waals surface area contributed by atoms with E-state index in [0.29, 0.717) is 23.5 Å². The second-order valence-corrected chi connectivity index (χ2v) is 11.1. The number of halogens is 3. The predicted octanol–water partition coefficient (Wildman–Crippen LogP) is 5.78. The first-order chi connectivity index (χ1) is 17.0. The van der Waals surface area contributed by atoms with E-state index in [2.05, 4.69) is 4.99 Å². The maximum Gasteiger partial charge on any atom is 0.423 e. The second kappa shape index (κ2) is 10.4. The van der Waals surface area contributed by atoms with E-state index in [1.165, 1.54) is 0 Å². The molecule has 3 rings (SSSR count). The fraction of sp³-hybridized carbons (Fsp3) is 0.577. The maximum atomic E-state index is 13.5. The van der Waals surface area contributed by atoms with E-state index >= 15 is 0 Å². The van der Waals surface area contributed by atoms with Gasteiger partial charge in [-0.05, 0) is 57.9 Å². The molecule has 1 aliphatic rings. The first-order valence-electron chi connectivity index (χ1n) is 12.2. The van der Waals surface area contributed by atoms with Gasteiger partial charge in [0, 0.05) is 30.8 Å². The number of rotatable bonds is 3. The Morgan fingerprint density at radius 3 is 2.22 bits per heavy atom. The Morgan fingerprint density at radius 1 is 1.11 bits per heavy atom. The molecule has 1 atom stereocenters. The van der Waals surface area contributed by atoms with Crippen molar-refractivity contribution in [2.45, 2.75) is 84.2 Å². The number of amides is 3. The monoisotopic (exact) mass is 524 g/mol. The fourth-order valence-electron chi connectivity index (χ4n) is 4.11. The molecule has 2 aromatic rings. The summed E-state index contributed by atoms with van der Waals surface area (Å²) in [7, 11) is 1.86. The summed E-state index contributed by atoms with van der Waals surface area (Å²) < 4.78 is 54.2. The number of nitrogens with zero attached hydrogens (tertiary/aromatic N) is 4. The van der Waals surface area contributed by atoms with Gasteiger partial charge in [-0.1, -0.05) is 20.8 Å². The molecule has 0 saturated carbocycles. The van der Waals surface area contributed by atoms with Gasteiger partial charge in [-0.3, -0.25) is 9.36 Å². The zero-order valence-electron chi connectivity index (χ0n) is 22.3. The number of carbonyl (C=O) groups excluding carboxylic acids is 2. The Kier molecular flexibility index (Phi) is 7.97. The van der Waals surface area contributed by atoms with Crippen LogP contribution in [0.3, 0.4) is 0 Å². The molecule has 0 radical (unpaired) electrons. The maximum absolute atomic E-state index is 13.5. The molecule has 1 saturated heterocycles. The molecule has 37 heavy (non-hydrogen) atoms. The van der Waals surface area contributed by atoms with E-state index in [-0.39, 0.29) is 17.2 Å². The molecule has 1 aliphatic heterocycles. The van der Waals surface area contributed by atoms with E-state index in [1.807, 2.05) is 37.2 Å². The van der Waals surface area contributed by atoms with Crippen LogP contribution in [0.4, 0.5) is 28.4 Å². The molecule has 1 aromatic carbocycles. The Morgan fingerprint density at radius 2 is 1.73 bits per heavy atom. The average Bonchev–Trinajstić information content (AvgIpc) is 3.36. The minimum absolute atomic E-state index is 0.0488. The van der Waals surface area contributed by atoms with Crippen LogP contribution >= 0.6 is 0 Å². The standard InChI is InChI=1S/C26H35F3N4O4/c1-24(2,3)20-15-21(32(31(20)7)16-19-9-8-14-36-19)30-22(34)33(23(35)37-25(4,5)6)18-12-10-17(11-13-18)26(27,28)29/h10-13,15,19H,8-9,14,16H2,1-7H3/t19-/m1/s1. The summed E-state index contributed by atoms with van der Waals surface area (Å²) in [6.07, 6.45) is -3.85. The summed E-state index contributed by atoms with van der Waals surface area (Å²) in [6.45, 7) is 12.1. The molecule has 8 nitrogen and oxygen atoms in total. The van der Waals surface area contributed by atoms with E-state index in [9.17, 15) is 22.8 Å². The molecule has 204 valence electrons. The van der Waals surface area contributed by atoms with Gasteiger partial charge in [-0.15, -0.1) is 0 Å². The van der Waals surface area contributed by atoms with Crippen LogP contribution in [-0.2, 0) is 34.7 Å². The van der Waals surface area contributed by atoms with Crippen molar-refractivity contribution in [3.63, 3.8) is 0 Å². The predicted molar refractivity (Wildman–Crippen MR) is 132 cm³/mol. The highest BCUT2D eigenvalue weighted by atomic mass is 19.4. The number of aromatic nitrogens is 2. The van der Waals surface area contributed by atoms with Gasteiger partial charge in [0.15, 0.2) is 5.49 Å². The number of alkyl halides is 3. The van der Waals surface area contributed by atoms with Crippen LogP contribution in [0.25, 0.3) is 0 Å². The minimum atomic E-state index is -4.56. The van der Waals surface area contributed by atoms with Crippen LogP contribution in [0.2, 0.25) is 0 Å². The third-order valence-electron chi connectivity index (χ3n) is 5.84. The SMILES string of the molecule is Cn1c(C(C)(C)C)cc(=NC(=O)N(C(=O)OC(C)(C)C)c2ccc(C(F)(F)F)cc2)n1C[C@H]1CCCO1. The zero-order valence-corrected chi connectivity index (χ0v) is 22.3. The minimum Gasteiger partial charge on any atom is -0.443 e. The third-order valence-corrected chi connectivity index (χ3v) is 5.84. The lowest BCUT2D eigenvalue weighted by molar-refractivity contribution is -0.137. The Labute approximate surface area is 214 Å². The summed E-state index contributed by atoms with van der Waals surface area (Å²) in [5, 5.41) is 0. The first kappa shape index (κ1) is 28.5. The normalized spacial score (nSPS) is 17.2. The zero-order chi connectivity index (χ0) is 27.8. The lowest BCUT2D eigenvalue weighted by Crippen LogP contribution is -2.41. The number of ether oxygens (including phenoxy) is 2. The number of carbonyl (C=O) groups is 2. The Balaban J connectivity index is 2.10. The summed E-state index contributed by atoms with van der Waals surface area (Å²) in [6, 6.07) is 4.49. The number of benzene rings is 1. The first-order valence-corrected chi connectivity index (χ1v) is 12.2. The van der Waals surface area contributed by atoms with Crippen LogP contribution in [0.15, 0.2) is 35.3 Å². The van der Waals surface area contributed by atoms with Crippen molar-refractivity contribution in [1.82, 2.24) is 9.36 Å². The van der Waals surface area contributed by atoms with Gasteiger partial charge in [0.25, 0.3) is 0 Å². The molecule has 0 spiro atoms. The van der Waals surface area contributed by atoms with Crippen molar-refractivity contribution < 1.29 is 32.2 Å². The smallest absolute Gasteiger partial charge is 0.423 e. The average molecular weight is 525 g/mol. The number of hydrogen-bond donors (Lipinski definition) is 0. The molecule has 1 fully saturated rings. The van der Waals surface area contributed by atoms with Gasteiger partial charge in [-0.25, -0.2) is 9.59 Å². The summed E-state index contributed by atoms with van der Waals surface area (Å²) in [4.78, 5) is 31.4. The van der Waals surface area contributed by atoms with E-state index < -0.39 is 29.5 Å². The number of anilines is 1. The number of hydrogen-bond acceptors (Lipinski definition) is 4. The van der Waals surface area contributed by atoms with Crippen molar-refractivity contribution in [3.05, 3.63) is 47.1 Å². The third kappa shape index (κ3) is 7.03. The summed E-state index contributed by atoms with van der Waals surface area (Å²) in [5.74, 6) is 0. The number of urea groups is 1. The van der Waals surface area contributed by atoms with Gasteiger partial charge in [0.1, 0.15) is 5.60 Å². The fourth-order valence-corrected chi connectivity index (χ4v) is 4.11. The highest BCUT2D eigenvalue weighted by Gasteiger charge is 2.33. The largest absolute Gasteiger partial charge is 0.443 e. The van der Waals surface area contributed by atoms with Gasteiger partial charge < -0.3 is 9.47 Å². The van der Waals surface area contributed by atoms with Crippen molar-refractivity contribution in [2.75, 3.05) is 11.5 Å². The molecule has 2 heterocycles. The Bertz CT molecular complexity index is 1190. The van der Waals surface area contributed by atoms with Crippen molar-refractivity contribution in [1.29, 1.82) is 0 Å². The van der Waals surface area contributed by atoms with Gasteiger partial charge in [0.2, 0.25) is 0 Å². The van der Waals surface area contributed by atoms with Crippen LogP contribution in [0.5, 0.6) is 0 Å². The van der Waals surface area contributed by atoms with Crippen molar-refractivity contribution in [2.24, 2.45) is 12.0 Å². The van der Waals surface area contributed by atoms with Crippen LogP contribution in [0, 0.1) is 0 Å². The summed E-state index contributed by atoms with van der Waals surface area (Å²) >= 11 is 0. The molecule has 0 bridgehead atoms. The van der Waals surface area contributed by atoms with Gasteiger partial charge >= 0.3 is 18.3 Å². The summed E-state index contributed by atoms with van der Waals surface area (Å²) in [5.41, 5.74) is -1.02. The van der Waals surface area contributed by atoms with Gasteiger partial charge in [0.05, 0.1) is 23.9 Å². The molecular weight excluding hydrogens is 489 g/mol. The van der Waals surface area contributed by atoms with E-state index in [1.54, 1.807) is 26.8 Å². The van der Waals surface area contributed by atoms with Crippen LogP contribution in [0.1, 0.15) is 65.6 Å². The lowest BCUT2D eigenvalue weighted by atomic mass is 9.92. The van der Waals surface area contributed by atoms with Crippen molar-refractivity contribution >= 4 is 17.8 Å². The lowest BCUT2D eigenvalue weighted by Gasteiger charge is -2.25. The molecule has 0 aliphatic carbocycles. The molecule has 1 aromatic heterocycles. The van der Waals surface area contributed by atoms with E-state index in [4.69, 9.17) is 9.47 Å². The van der Waals surface area contributed by atoms with Gasteiger partial charge in [-0.2, -0.15) is 23.1 Å². The quantitative estimate of drug-likeness (QED) is 0.510. The van der Waals surface area contributed by atoms with E-state index in [0.717, 1.165) is 42.8 Å². The molecule has 0 N–H and O–H groups in total. The molecule has 11 heteroatoms. The molecule has 0 unspecified atom stereocenters. The molecule has 3 amide bonds. The molecular formula is C26H35F3N4O4. The number of imide groups is 1. The van der Waals surface area contributed by atoms with Crippen LogP contribution < -0.4 is 10.4 Å². The van der Waals surface area contributed by atoms with Crippen LogP contribution in [-0.4, -0.2) is 39.8 Å². The Hall–Kier alpha value is -3.08. The topological polar surface area (TPSA) is 78.1 Å². The van der Waals surface area contributed by atoms with Crippen molar-refractivity contribution in [3.8, 4) is 0 Å². The second-order valence-electron chi connectivity index (χ2n) is 11.1.